The zero-order chi connectivity index (χ0) is 17.9. The van der Waals surface area contributed by atoms with E-state index in [1.807, 2.05) is 24.3 Å². The quantitative estimate of drug-likeness (QED) is 0.530. The van der Waals surface area contributed by atoms with Crippen molar-refractivity contribution in [1.82, 2.24) is 0 Å². The summed E-state index contributed by atoms with van der Waals surface area (Å²) in [6.07, 6.45) is 4.97. The Bertz CT molecular complexity index is 668. The van der Waals surface area contributed by atoms with E-state index in [-0.39, 0.29) is 13.6 Å². The van der Waals surface area contributed by atoms with Crippen molar-refractivity contribution in [3.8, 4) is 11.5 Å². The van der Waals surface area contributed by atoms with Gasteiger partial charge in [0, 0.05) is 14.2 Å². The van der Waals surface area contributed by atoms with Crippen molar-refractivity contribution in [2.45, 2.75) is 6.42 Å². The van der Waals surface area contributed by atoms with E-state index in [4.69, 9.17) is 24.7 Å². The fraction of sp³-hybridized carbons (Fsp3) is 0.300. The average molecular weight is 343 g/mol. The van der Waals surface area contributed by atoms with Gasteiger partial charge in [0.05, 0.1) is 0 Å². The molecule has 0 aliphatic heterocycles. The lowest BCUT2D eigenvalue weighted by atomic mass is 10.1. The van der Waals surface area contributed by atoms with Crippen LogP contribution in [0, 0.1) is 0 Å². The van der Waals surface area contributed by atoms with Crippen LogP contribution in [-0.4, -0.2) is 34.4 Å². The van der Waals surface area contributed by atoms with Crippen LogP contribution in [0.1, 0.15) is 16.7 Å². The Morgan fingerprint density at radius 2 is 1.40 bits per heavy atom. The zero-order valence-electron chi connectivity index (χ0n) is 14.7. The minimum atomic E-state index is 0.152. The lowest BCUT2D eigenvalue weighted by molar-refractivity contribution is 0.0322. The van der Waals surface area contributed by atoms with Crippen molar-refractivity contribution < 1.29 is 18.9 Å². The predicted octanol–water partition coefficient (Wildman–Crippen LogP) is 3.32. The van der Waals surface area contributed by atoms with Gasteiger partial charge < -0.3 is 24.7 Å². The molecule has 2 N–H and O–H groups in total. The standard InChI is InChI=1S/C20H25NO4/c1-22-14-24-19-10-9-18(13-20(19)25-15-23-2)8-7-16-3-5-17(6-4-16)11-12-21/h3-10,13H,11-12,14-15,21H2,1-2H3. The van der Waals surface area contributed by atoms with E-state index in [0.717, 1.165) is 17.5 Å². The topological polar surface area (TPSA) is 62.9 Å². The van der Waals surface area contributed by atoms with E-state index in [1.165, 1.54) is 5.56 Å². The van der Waals surface area contributed by atoms with Crippen molar-refractivity contribution in [2.24, 2.45) is 5.73 Å². The molecule has 0 bridgehead atoms. The summed E-state index contributed by atoms with van der Waals surface area (Å²) in [6, 6.07) is 14.1. The van der Waals surface area contributed by atoms with Crippen LogP contribution in [0.3, 0.4) is 0 Å². The molecule has 5 heteroatoms. The molecule has 2 aromatic rings. The predicted molar refractivity (Wildman–Crippen MR) is 99.6 cm³/mol. The monoisotopic (exact) mass is 343 g/mol. The van der Waals surface area contributed by atoms with Crippen LogP contribution in [0.4, 0.5) is 0 Å². The molecule has 0 saturated carbocycles. The van der Waals surface area contributed by atoms with Gasteiger partial charge in [0.1, 0.15) is 0 Å². The third-order valence-corrected chi connectivity index (χ3v) is 3.51. The van der Waals surface area contributed by atoms with E-state index < -0.39 is 0 Å². The van der Waals surface area contributed by atoms with Gasteiger partial charge >= 0.3 is 0 Å². The maximum atomic E-state index is 5.57. The van der Waals surface area contributed by atoms with Crippen molar-refractivity contribution in [3.05, 3.63) is 59.2 Å². The Morgan fingerprint density at radius 3 is 2.04 bits per heavy atom. The van der Waals surface area contributed by atoms with Crippen molar-refractivity contribution in [1.29, 1.82) is 0 Å². The lowest BCUT2D eigenvalue weighted by Gasteiger charge is -2.12. The molecule has 0 aliphatic carbocycles. The highest BCUT2D eigenvalue weighted by molar-refractivity contribution is 5.71. The molecule has 0 amide bonds. The Labute approximate surface area is 149 Å². The van der Waals surface area contributed by atoms with E-state index in [1.54, 1.807) is 14.2 Å². The summed E-state index contributed by atoms with van der Waals surface area (Å²) in [7, 11) is 3.15. The van der Waals surface area contributed by atoms with E-state index in [2.05, 4.69) is 30.3 Å². The molecular formula is C20H25NO4. The van der Waals surface area contributed by atoms with Crippen LogP contribution in [0.5, 0.6) is 11.5 Å². The third kappa shape index (κ3) is 6.23. The number of ether oxygens (including phenoxy) is 4. The maximum absolute atomic E-state index is 5.57. The van der Waals surface area contributed by atoms with E-state index >= 15 is 0 Å². The Morgan fingerprint density at radius 1 is 0.800 bits per heavy atom. The van der Waals surface area contributed by atoms with Crippen LogP contribution < -0.4 is 15.2 Å². The number of hydrogen-bond donors (Lipinski definition) is 1. The van der Waals surface area contributed by atoms with Gasteiger partial charge in [-0.3, -0.25) is 0 Å². The molecule has 0 heterocycles. The Kier molecular flexibility index (Phi) is 7.98. The largest absolute Gasteiger partial charge is 0.464 e. The van der Waals surface area contributed by atoms with Crippen molar-refractivity contribution in [3.63, 3.8) is 0 Å². The van der Waals surface area contributed by atoms with Gasteiger partial charge in [-0.15, -0.1) is 0 Å². The fourth-order valence-electron chi connectivity index (χ4n) is 2.26. The first-order valence-corrected chi connectivity index (χ1v) is 8.11. The zero-order valence-corrected chi connectivity index (χ0v) is 14.7. The van der Waals surface area contributed by atoms with Gasteiger partial charge in [-0.2, -0.15) is 0 Å². The lowest BCUT2D eigenvalue weighted by Crippen LogP contribution is -2.04. The average Bonchev–Trinajstić information content (AvgIpc) is 2.65. The summed E-state index contributed by atoms with van der Waals surface area (Å²) in [6.45, 7) is 0.976. The maximum Gasteiger partial charge on any atom is 0.188 e. The molecule has 5 nitrogen and oxygen atoms in total. The van der Waals surface area contributed by atoms with Crippen LogP contribution in [-0.2, 0) is 15.9 Å². The van der Waals surface area contributed by atoms with Crippen LogP contribution in [0.2, 0.25) is 0 Å². The summed E-state index contributed by atoms with van der Waals surface area (Å²) < 4.78 is 21.0. The van der Waals surface area contributed by atoms with Crippen LogP contribution in [0.15, 0.2) is 42.5 Å². The Balaban J connectivity index is 2.11. The molecule has 0 fully saturated rings. The molecule has 0 unspecified atom stereocenters. The van der Waals surface area contributed by atoms with Gasteiger partial charge in [-0.1, -0.05) is 42.5 Å². The van der Waals surface area contributed by atoms with Crippen LogP contribution in [0.25, 0.3) is 12.2 Å². The molecule has 134 valence electrons. The summed E-state index contributed by atoms with van der Waals surface area (Å²) >= 11 is 0. The summed E-state index contributed by atoms with van der Waals surface area (Å²) in [5.41, 5.74) is 8.94. The first-order valence-electron chi connectivity index (χ1n) is 8.11. The SMILES string of the molecule is COCOc1ccc(C=Cc2ccc(CCN)cc2)cc1OCOC. The summed E-state index contributed by atoms with van der Waals surface area (Å²) in [5, 5.41) is 0. The molecule has 0 aliphatic rings. The highest BCUT2D eigenvalue weighted by atomic mass is 16.7. The van der Waals surface area contributed by atoms with Gasteiger partial charge in [0.2, 0.25) is 0 Å². The smallest absolute Gasteiger partial charge is 0.188 e. The molecule has 2 rings (SSSR count). The highest BCUT2D eigenvalue weighted by Gasteiger charge is 2.06. The molecule has 0 aromatic heterocycles. The highest BCUT2D eigenvalue weighted by Crippen LogP contribution is 2.29. The molecule has 0 atom stereocenters. The Hall–Kier alpha value is -2.34. The van der Waals surface area contributed by atoms with E-state index in [0.29, 0.717) is 18.0 Å². The van der Waals surface area contributed by atoms with E-state index in [9.17, 15) is 0 Å². The number of hydrogen-bond acceptors (Lipinski definition) is 5. The second kappa shape index (κ2) is 10.5. The molecule has 0 spiro atoms. The normalized spacial score (nSPS) is 11.0. The number of rotatable bonds is 10. The second-order valence-corrected chi connectivity index (χ2v) is 5.42. The fourth-order valence-corrected chi connectivity index (χ4v) is 2.26. The molecular weight excluding hydrogens is 318 g/mol. The molecule has 2 aromatic carbocycles. The molecule has 0 saturated heterocycles. The summed E-state index contributed by atoms with van der Waals surface area (Å²) in [5.74, 6) is 1.22. The van der Waals surface area contributed by atoms with Crippen molar-refractivity contribution >= 4 is 12.2 Å². The van der Waals surface area contributed by atoms with Crippen molar-refractivity contribution in [2.75, 3.05) is 34.4 Å². The number of methoxy groups -OCH3 is 2. The number of nitrogens with two attached hydrogens (primary N) is 1. The van der Waals surface area contributed by atoms with Gasteiger partial charge in [-0.25, -0.2) is 0 Å². The first-order chi connectivity index (χ1) is 12.3. The third-order valence-electron chi connectivity index (χ3n) is 3.51. The van der Waals surface area contributed by atoms with Gasteiger partial charge in [0.25, 0.3) is 0 Å². The van der Waals surface area contributed by atoms with Crippen LogP contribution >= 0.6 is 0 Å². The number of benzene rings is 2. The minimum absolute atomic E-state index is 0.152. The molecule has 0 radical (unpaired) electrons. The first kappa shape index (κ1) is 19.0. The molecule has 25 heavy (non-hydrogen) atoms. The van der Waals surface area contributed by atoms with Gasteiger partial charge in [0.15, 0.2) is 25.1 Å². The van der Waals surface area contributed by atoms with Gasteiger partial charge in [-0.05, 0) is 41.8 Å². The minimum Gasteiger partial charge on any atom is -0.464 e. The second-order valence-electron chi connectivity index (χ2n) is 5.42. The summed E-state index contributed by atoms with van der Waals surface area (Å²) in [4.78, 5) is 0.